The molecule has 0 aliphatic carbocycles. The summed E-state index contributed by atoms with van der Waals surface area (Å²) in [5.74, 6) is 0. The van der Waals surface area contributed by atoms with Gasteiger partial charge in [-0.2, -0.15) is 0 Å². The van der Waals surface area contributed by atoms with Crippen LogP contribution in [0.3, 0.4) is 0 Å². The molecule has 28 heavy (non-hydrogen) atoms. The lowest BCUT2D eigenvalue weighted by molar-refractivity contribution is 0.474. The summed E-state index contributed by atoms with van der Waals surface area (Å²) in [4.78, 5) is 0. The molecule has 4 N–H and O–H groups in total. The van der Waals surface area contributed by atoms with Crippen molar-refractivity contribution >= 4 is 5.57 Å². The van der Waals surface area contributed by atoms with Crippen molar-refractivity contribution in [2.75, 3.05) is 0 Å². The molecule has 0 saturated heterocycles. The number of allylic oxidation sites excluding steroid dienone is 2. The average Bonchev–Trinajstić information content (AvgIpc) is 2.75. The molecule has 3 heteroatoms. The first kappa shape index (κ1) is 18.2. The molecule has 140 valence electrons. The molecule has 0 radical (unpaired) electrons. The van der Waals surface area contributed by atoms with Crippen LogP contribution in [0.25, 0.3) is 16.7 Å². The highest BCUT2D eigenvalue weighted by Gasteiger charge is 2.19. The molecule has 4 rings (SSSR count). The quantitative estimate of drug-likeness (QED) is 0.571. The molecule has 0 saturated carbocycles. The Hall–Kier alpha value is -3.14. The van der Waals surface area contributed by atoms with E-state index in [1.54, 1.807) is 0 Å². The Morgan fingerprint density at radius 1 is 0.857 bits per heavy atom. The van der Waals surface area contributed by atoms with Crippen LogP contribution in [0, 0.1) is 6.92 Å². The fourth-order valence-electron chi connectivity index (χ4n) is 3.53. The monoisotopic (exact) mass is 367 g/mol. The highest BCUT2D eigenvalue weighted by Crippen LogP contribution is 2.25. The predicted molar refractivity (Wildman–Crippen MR) is 117 cm³/mol. The number of dihydropyridines is 1. The number of hydrogen-bond donors (Lipinski definition) is 3. The van der Waals surface area contributed by atoms with E-state index >= 15 is 0 Å². The van der Waals surface area contributed by atoms with Crippen molar-refractivity contribution in [3.05, 3.63) is 114 Å². The molecule has 0 amide bonds. The normalized spacial score (nSPS) is 16.9. The van der Waals surface area contributed by atoms with Crippen molar-refractivity contribution in [3.8, 4) is 11.1 Å². The molecule has 1 heterocycles. The van der Waals surface area contributed by atoms with Crippen LogP contribution in [0.1, 0.15) is 22.9 Å². The van der Waals surface area contributed by atoms with Crippen LogP contribution in [0.2, 0.25) is 0 Å². The van der Waals surface area contributed by atoms with E-state index in [1.165, 1.54) is 27.8 Å². The zero-order chi connectivity index (χ0) is 19.3. The van der Waals surface area contributed by atoms with Crippen molar-refractivity contribution in [3.63, 3.8) is 0 Å². The van der Waals surface area contributed by atoms with Gasteiger partial charge in [-0.1, -0.05) is 84.4 Å². The maximum absolute atomic E-state index is 6.54. The Kier molecular flexibility index (Phi) is 5.38. The second-order valence-corrected chi connectivity index (χ2v) is 7.09. The van der Waals surface area contributed by atoms with Crippen molar-refractivity contribution in [1.29, 1.82) is 0 Å². The molecular weight excluding hydrogens is 342 g/mol. The number of hydrogen-bond acceptors (Lipinski definition) is 3. The van der Waals surface area contributed by atoms with Crippen LogP contribution in [-0.4, -0.2) is 6.17 Å². The van der Waals surface area contributed by atoms with Gasteiger partial charge in [0.2, 0.25) is 0 Å². The van der Waals surface area contributed by atoms with Crippen LogP contribution in [0.4, 0.5) is 0 Å². The van der Waals surface area contributed by atoms with Gasteiger partial charge in [-0.05, 0) is 53.1 Å². The highest BCUT2D eigenvalue weighted by atomic mass is 15.2. The summed E-state index contributed by atoms with van der Waals surface area (Å²) in [7, 11) is 0. The first-order chi connectivity index (χ1) is 13.7. The third-order valence-corrected chi connectivity index (χ3v) is 5.00. The molecule has 3 aromatic rings. The maximum atomic E-state index is 6.54. The fraction of sp³-hybridized carbons (Fsp3) is 0.120. The van der Waals surface area contributed by atoms with Gasteiger partial charge >= 0.3 is 0 Å². The van der Waals surface area contributed by atoms with Crippen LogP contribution >= 0.6 is 0 Å². The molecule has 0 fully saturated rings. The second-order valence-electron chi connectivity index (χ2n) is 7.09. The molecule has 3 aromatic carbocycles. The first-order valence-electron chi connectivity index (χ1n) is 9.57. The molecule has 3 nitrogen and oxygen atoms in total. The topological polar surface area (TPSA) is 50.1 Å². The summed E-state index contributed by atoms with van der Waals surface area (Å²) in [5, 5.41) is 6.90. The summed E-state index contributed by atoms with van der Waals surface area (Å²) in [6.07, 6.45) is 5.75. The number of aryl methyl sites for hydroxylation is 1. The Bertz CT molecular complexity index is 1010. The van der Waals surface area contributed by atoms with Crippen molar-refractivity contribution in [1.82, 2.24) is 10.6 Å². The smallest absolute Gasteiger partial charge is 0.105 e. The summed E-state index contributed by atoms with van der Waals surface area (Å²) < 4.78 is 0. The molecule has 2 unspecified atom stereocenters. The van der Waals surface area contributed by atoms with Crippen molar-refractivity contribution in [2.45, 2.75) is 19.3 Å². The van der Waals surface area contributed by atoms with Gasteiger partial charge in [0.05, 0.1) is 6.17 Å². The summed E-state index contributed by atoms with van der Waals surface area (Å²) in [6.45, 7) is 2.11. The van der Waals surface area contributed by atoms with E-state index in [0.29, 0.717) is 0 Å². The number of nitrogens with one attached hydrogen (secondary N) is 2. The zero-order valence-corrected chi connectivity index (χ0v) is 16.0. The Balaban J connectivity index is 1.55. The second kappa shape index (κ2) is 8.26. The summed E-state index contributed by atoms with van der Waals surface area (Å²) >= 11 is 0. The van der Waals surface area contributed by atoms with Gasteiger partial charge in [0.25, 0.3) is 0 Å². The van der Waals surface area contributed by atoms with Crippen molar-refractivity contribution in [2.24, 2.45) is 5.73 Å². The molecule has 1 aliphatic heterocycles. The molecule has 2 atom stereocenters. The number of rotatable bonds is 5. The summed E-state index contributed by atoms with van der Waals surface area (Å²) in [5.41, 5.74) is 13.6. The van der Waals surface area contributed by atoms with Gasteiger partial charge in [0, 0.05) is 0 Å². The largest absolute Gasteiger partial charge is 0.372 e. The standard InChI is InChI=1S/C25H25N3/c1-18-8-5-11-20(16-18)21-12-6-13-22(17-21)24(26)28-25-23(14-7-15-27-25)19-9-3-2-4-10-19/h2-17,24-25,27-28H,26H2,1H3. The third-order valence-electron chi connectivity index (χ3n) is 5.00. The lowest BCUT2D eigenvalue weighted by Crippen LogP contribution is -2.46. The van der Waals surface area contributed by atoms with Crippen molar-refractivity contribution < 1.29 is 0 Å². The molecular formula is C25H25N3. The van der Waals surface area contributed by atoms with E-state index in [4.69, 9.17) is 5.73 Å². The van der Waals surface area contributed by atoms with Crippen LogP contribution in [0.5, 0.6) is 0 Å². The molecule has 1 aliphatic rings. The summed E-state index contributed by atoms with van der Waals surface area (Å²) in [6, 6.07) is 27.3. The van der Waals surface area contributed by atoms with Gasteiger partial charge in [0.15, 0.2) is 0 Å². The Morgan fingerprint density at radius 2 is 1.57 bits per heavy atom. The van der Waals surface area contributed by atoms with Gasteiger partial charge in [0.1, 0.15) is 6.17 Å². The lowest BCUT2D eigenvalue weighted by Gasteiger charge is -2.28. The predicted octanol–water partition coefficient (Wildman–Crippen LogP) is 4.74. The first-order valence-corrected chi connectivity index (χ1v) is 9.57. The SMILES string of the molecule is Cc1cccc(-c2cccc(C(N)NC3NC=CC=C3c3ccccc3)c2)c1. The number of nitrogens with two attached hydrogens (primary N) is 1. The van der Waals surface area contributed by atoms with Gasteiger partial charge in [-0.3, -0.25) is 5.32 Å². The van der Waals surface area contributed by atoms with Crippen LogP contribution in [0.15, 0.2) is 97.2 Å². The molecule has 0 aromatic heterocycles. The minimum Gasteiger partial charge on any atom is -0.372 e. The van der Waals surface area contributed by atoms with E-state index in [1.807, 2.05) is 18.3 Å². The third kappa shape index (κ3) is 4.06. The minimum absolute atomic E-state index is 0.0509. The van der Waals surface area contributed by atoms with Gasteiger partial charge in [-0.25, -0.2) is 0 Å². The minimum atomic E-state index is -0.291. The average molecular weight is 367 g/mol. The van der Waals surface area contributed by atoms with Crippen LogP contribution in [-0.2, 0) is 0 Å². The molecule has 0 bridgehead atoms. The Labute approximate surface area is 166 Å². The van der Waals surface area contributed by atoms with E-state index in [2.05, 4.69) is 96.4 Å². The Morgan fingerprint density at radius 3 is 2.36 bits per heavy atom. The number of benzene rings is 3. The fourth-order valence-corrected chi connectivity index (χ4v) is 3.53. The lowest BCUT2D eigenvalue weighted by atomic mass is 9.99. The van der Waals surface area contributed by atoms with E-state index in [0.717, 1.165) is 5.56 Å². The van der Waals surface area contributed by atoms with E-state index in [-0.39, 0.29) is 12.3 Å². The maximum Gasteiger partial charge on any atom is 0.105 e. The van der Waals surface area contributed by atoms with Gasteiger partial charge < -0.3 is 11.1 Å². The zero-order valence-electron chi connectivity index (χ0n) is 16.0. The van der Waals surface area contributed by atoms with E-state index in [9.17, 15) is 0 Å². The molecule has 0 spiro atoms. The highest BCUT2D eigenvalue weighted by molar-refractivity contribution is 5.72. The van der Waals surface area contributed by atoms with Crippen LogP contribution < -0.4 is 16.4 Å². The van der Waals surface area contributed by atoms with E-state index < -0.39 is 0 Å². The van der Waals surface area contributed by atoms with Gasteiger partial charge in [-0.15, -0.1) is 0 Å².